The van der Waals surface area contributed by atoms with E-state index in [0.717, 1.165) is 80.7 Å². The van der Waals surface area contributed by atoms with Crippen LogP contribution in [0.25, 0.3) is 21.8 Å². The van der Waals surface area contributed by atoms with Crippen LogP contribution in [0.3, 0.4) is 0 Å². The third-order valence-corrected chi connectivity index (χ3v) is 13.3. The number of benzene rings is 4. The van der Waals surface area contributed by atoms with E-state index in [1.54, 1.807) is 42.8 Å². The van der Waals surface area contributed by atoms with Gasteiger partial charge in [-0.3, -0.25) is 39.0 Å². The first-order chi connectivity index (χ1) is 34.8. The van der Waals surface area contributed by atoms with Crippen LogP contribution in [0.4, 0.5) is 15.8 Å². The first-order valence-corrected chi connectivity index (χ1v) is 24.4. The van der Waals surface area contributed by atoms with Crippen molar-refractivity contribution in [3.05, 3.63) is 117 Å². The van der Waals surface area contributed by atoms with Crippen molar-refractivity contribution < 1.29 is 47.7 Å². The lowest BCUT2D eigenvalue weighted by Gasteiger charge is -2.27. The van der Waals surface area contributed by atoms with Gasteiger partial charge in [0.25, 0.3) is 17.7 Å². The summed E-state index contributed by atoms with van der Waals surface area (Å²) in [6.45, 7) is 4.16. The second-order valence-electron chi connectivity index (χ2n) is 18.1. The summed E-state index contributed by atoms with van der Waals surface area (Å²) < 4.78 is 35.0. The molecule has 8 rings (SSSR count). The highest BCUT2D eigenvalue weighted by atomic mass is 19.1. The van der Waals surface area contributed by atoms with Crippen molar-refractivity contribution in [1.29, 1.82) is 0 Å². The third-order valence-electron chi connectivity index (χ3n) is 13.3. The quantitative estimate of drug-likeness (QED) is 0.0285. The van der Waals surface area contributed by atoms with Crippen LogP contribution in [-0.4, -0.2) is 80.1 Å². The Hall–Kier alpha value is -7.73. The molecule has 4 heterocycles. The summed E-state index contributed by atoms with van der Waals surface area (Å²) in [4.78, 5) is 86.5. The Morgan fingerprint density at radius 3 is 2.28 bits per heavy atom. The second-order valence-corrected chi connectivity index (χ2v) is 18.1. The number of nitrogens with one attached hydrogen (secondary N) is 3. The Kier molecular flexibility index (Phi) is 15.9. The highest BCUT2D eigenvalue weighted by Gasteiger charge is 2.44. The number of hydrogen-bond acceptors (Lipinski definition) is 13. The van der Waals surface area contributed by atoms with Gasteiger partial charge in [0.05, 0.1) is 41.3 Å². The van der Waals surface area contributed by atoms with Crippen LogP contribution in [0.2, 0.25) is 0 Å². The number of aromatic nitrogens is 3. The SMILES string of the molecule is CCc1ccc2c(c1)c(=O)c(C(=O)Nc1ccc(Oc3ncnc4cc(OCCCCCCCCCCCC(O)Nc5ccc6c(c5)C(=O)N(C5CCC(=O)NC5=O)C6=O)c(OC)cc34)c(F)c1)c(C)n2C. The molecule has 18 heteroatoms. The lowest BCUT2D eigenvalue weighted by Crippen LogP contribution is -2.54. The van der Waals surface area contributed by atoms with Crippen LogP contribution >= 0.6 is 0 Å². The van der Waals surface area contributed by atoms with Gasteiger partial charge in [-0.2, -0.15) is 0 Å². The van der Waals surface area contributed by atoms with Crippen LogP contribution in [0.15, 0.2) is 77.9 Å². The molecule has 2 unspecified atom stereocenters. The Balaban J connectivity index is 0.737. The van der Waals surface area contributed by atoms with Crippen molar-refractivity contribution in [2.24, 2.45) is 7.05 Å². The number of unbranched alkanes of at least 4 members (excludes halogenated alkanes) is 8. The van der Waals surface area contributed by atoms with Gasteiger partial charge in [0.2, 0.25) is 23.1 Å². The molecule has 6 aromatic rings. The number of pyridine rings is 1. The lowest BCUT2D eigenvalue weighted by atomic mass is 10.0. The molecule has 2 aromatic heterocycles. The van der Waals surface area contributed by atoms with E-state index in [2.05, 4.69) is 25.9 Å². The molecule has 0 radical (unpaired) electrons. The number of methoxy groups -OCH3 is 1. The van der Waals surface area contributed by atoms with E-state index in [0.29, 0.717) is 57.7 Å². The number of amides is 5. The van der Waals surface area contributed by atoms with Crippen LogP contribution in [0.5, 0.6) is 23.1 Å². The fourth-order valence-electron chi connectivity index (χ4n) is 9.23. The van der Waals surface area contributed by atoms with E-state index in [-0.39, 0.29) is 46.8 Å². The van der Waals surface area contributed by atoms with Gasteiger partial charge in [-0.05, 0) is 93.1 Å². The topological polar surface area (TPSA) is 220 Å². The van der Waals surface area contributed by atoms with Gasteiger partial charge in [-0.25, -0.2) is 14.4 Å². The Morgan fingerprint density at radius 2 is 1.56 bits per heavy atom. The standard InChI is InChI=1S/C54H58FN7O10/c1-5-32-16-20-41-38(25-32)49(65)48(31(2)61(41)3)51(67)59-34-18-22-43(39(55)27-34)72-52-37-28-44(70-4)45(29-40(37)56-30-57-52)71-24-14-12-10-8-6-7-9-11-13-15-46(63)58-33-17-19-35-36(26-33)54(69)62(53(35)68)42-21-23-47(64)60-50(42)66/h16-20,22,25-30,42,46,58,63H,5-15,21,23-24H2,1-4H3,(H,59,67)(H,60,64,66). The molecule has 5 amide bonds. The number of rotatable bonds is 22. The van der Waals surface area contributed by atoms with E-state index in [1.807, 2.05) is 19.1 Å². The number of halogens is 1. The minimum Gasteiger partial charge on any atom is -0.493 e. The molecule has 0 saturated carbocycles. The molecule has 2 atom stereocenters. The summed E-state index contributed by atoms with van der Waals surface area (Å²) in [5.41, 5.74) is 3.23. The summed E-state index contributed by atoms with van der Waals surface area (Å²) in [6, 6.07) is 16.6. The summed E-state index contributed by atoms with van der Waals surface area (Å²) in [7, 11) is 3.32. The Labute approximate surface area is 415 Å². The number of carbonyl (C=O) groups excluding carboxylic acids is 5. The van der Waals surface area contributed by atoms with Gasteiger partial charge in [0.15, 0.2) is 23.1 Å². The van der Waals surface area contributed by atoms with Crippen molar-refractivity contribution in [2.45, 2.75) is 110 Å². The maximum absolute atomic E-state index is 15.6. The van der Waals surface area contributed by atoms with Gasteiger partial charge in [-0.1, -0.05) is 57.9 Å². The van der Waals surface area contributed by atoms with Gasteiger partial charge < -0.3 is 34.5 Å². The number of ether oxygens (including phenoxy) is 3. The number of anilines is 2. The number of aliphatic hydroxyl groups is 1. The summed E-state index contributed by atoms with van der Waals surface area (Å²) in [5, 5.41) is 19.4. The molecular formula is C54H58FN7O10. The number of fused-ring (bicyclic) bond motifs is 3. The zero-order chi connectivity index (χ0) is 51.1. The monoisotopic (exact) mass is 983 g/mol. The van der Waals surface area contributed by atoms with Crippen LogP contribution in [0.1, 0.15) is 126 Å². The average Bonchev–Trinajstić information content (AvgIpc) is 3.61. The number of piperidine rings is 1. The smallest absolute Gasteiger partial charge is 0.262 e. The predicted octanol–water partition coefficient (Wildman–Crippen LogP) is 8.66. The molecule has 72 heavy (non-hydrogen) atoms. The van der Waals surface area contributed by atoms with Crippen molar-refractivity contribution in [3.8, 4) is 23.1 Å². The Bertz CT molecular complexity index is 3140. The predicted molar refractivity (Wildman–Crippen MR) is 268 cm³/mol. The largest absolute Gasteiger partial charge is 0.493 e. The molecule has 17 nitrogen and oxygen atoms in total. The molecule has 376 valence electrons. The fraction of sp³-hybridized carbons (Fsp3) is 0.370. The molecule has 0 spiro atoms. The zero-order valence-electron chi connectivity index (χ0n) is 40.8. The number of aryl methyl sites for hydroxylation is 2. The number of nitrogens with zero attached hydrogens (tertiary/aromatic N) is 4. The van der Waals surface area contributed by atoms with Crippen molar-refractivity contribution in [1.82, 2.24) is 24.8 Å². The normalized spacial score (nSPS) is 14.9. The average molecular weight is 984 g/mol. The molecular weight excluding hydrogens is 926 g/mol. The highest BCUT2D eigenvalue weighted by molar-refractivity contribution is 6.23. The van der Waals surface area contributed by atoms with Crippen molar-refractivity contribution in [2.75, 3.05) is 24.4 Å². The van der Waals surface area contributed by atoms with Crippen LogP contribution in [-0.2, 0) is 23.1 Å². The molecule has 2 aliphatic heterocycles. The van der Waals surface area contributed by atoms with Crippen LogP contribution in [0, 0.1) is 12.7 Å². The summed E-state index contributed by atoms with van der Waals surface area (Å²) in [5.74, 6) is -2.79. The molecule has 2 aliphatic rings. The van der Waals surface area contributed by atoms with E-state index in [9.17, 15) is 33.9 Å². The minimum absolute atomic E-state index is 0.0193. The van der Waals surface area contributed by atoms with E-state index >= 15 is 4.39 Å². The summed E-state index contributed by atoms with van der Waals surface area (Å²) >= 11 is 0. The molecule has 0 aliphatic carbocycles. The zero-order valence-corrected chi connectivity index (χ0v) is 40.8. The maximum atomic E-state index is 15.6. The van der Waals surface area contributed by atoms with Gasteiger partial charge in [0, 0.05) is 48.1 Å². The van der Waals surface area contributed by atoms with Gasteiger partial charge in [0.1, 0.15) is 24.2 Å². The highest BCUT2D eigenvalue weighted by Crippen LogP contribution is 2.37. The van der Waals surface area contributed by atoms with Crippen molar-refractivity contribution in [3.63, 3.8) is 0 Å². The molecule has 4 aromatic carbocycles. The molecule has 0 bridgehead atoms. The van der Waals surface area contributed by atoms with E-state index in [1.165, 1.54) is 37.7 Å². The first-order valence-electron chi connectivity index (χ1n) is 24.4. The molecule has 1 saturated heterocycles. The second kappa shape index (κ2) is 22.6. The number of aliphatic hydroxyl groups excluding tert-OH is 1. The fourth-order valence-corrected chi connectivity index (χ4v) is 9.23. The lowest BCUT2D eigenvalue weighted by molar-refractivity contribution is -0.136. The third kappa shape index (κ3) is 11.1. The van der Waals surface area contributed by atoms with Gasteiger partial charge >= 0.3 is 0 Å². The van der Waals surface area contributed by atoms with E-state index in [4.69, 9.17) is 14.2 Å². The molecule has 4 N–H and O–H groups in total. The minimum atomic E-state index is -1.04. The van der Waals surface area contributed by atoms with Crippen LogP contribution < -0.4 is 35.6 Å². The number of hydrogen-bond donors (Lipinski definition) is 4. The first kappa shape index (κ1) is 50.7. The van der Waals surface area contributed by atoms with Gasteiger partial charge in [-0.15, -0.1) is 0 Å². The van der Waals surface area contributed by atoms with E-state index < -0.39 is 53.1 Å². The number of imide groups is 2. The maximum Gasteiger partial charge on any atom is 0.262 e. The number of carbonyl (C=O) groups is 5. The molecule has 1 fully saturated rings. The summed E-state index contributed by atoms with van der Waals surface area (Å²) in [6.07, 6.45) is 10.8. The Morgan fingerprint density at radius 1 is 0.833 bits per heavy atom. The van der Waals surface area contributed by atoms with Crippen molar-refractivity contribution >= 4 is 62.7 Å².